The van der Waals surface area contributed by atoms with Crippen LogP contribution in [0.25, 0.3) is 0 Å². The van der Waals surface area contributed by atoms with Crippen LogP contribution in [-0.2, 0) is 19.4 Å². The number of benzene rings is 1. The maximum atomic E-state index is 4.80. The van der Waals surface area contributed by atoms with E-state index in [1.165, 1.54) is 21.1 Å². The summed E-state index contributed by atoms with van der Waals surface area (Å²) < 4.78 is 0. The number of thiazole rings is 1. The van der Waals surface area contributed by atoms with Gasteiger partial charge in [0.2, 0.25) is 0 Å². The van der Waals surface area contributed by atoms with Crippen LogP contribution in [0.4, 0.5) is 0 Å². The highest BCUT2D eigenvalue weighted by Gasteiger charge is 2.20. The van der Waals surface area contributed by atoms with Gasteiger partial charge in [0, 0.05) is 50.1 Å². The van der Waals surface area contributed by atoms with E-state index >= 15 is 0 Å². The molecule has 2 N–H and O–H groups in total. The molecule has 1 aliphatic heterocycles. The van der Waals surface area contributed by atoms with Crippen molar-refractivity contribution < 1.29 is 0 Å². The highest BCUT2D eigenvalue weighted by molar-refractivity contribution is 14.0. The molecule has 3 rings (SSSR count). The van der Waals surface area contributed by atoms with Crippen LogP contribution in [-0.4, -0.2) is 48.1 Å². The third-order valence-corrected chi connectivity index (χ3v) is 6.46. The average Bonchev–Trinajstić information content (AvgIpc) is 3.10. The van der Waals surface area contributed by atoms with Gasteiger partial charge in [0.15, 0.2) is 5.96 Å². The number of aliphatic imine (C=N–C) groups is 1. The number of hydrogen-bond acceptors (Lipinski definition) is 4. The van der Waals surface area contributed by atoms with E-state index in [2.05, 4.69) is 66.6 Å². The molecule has 2 aromatic rings. The summed E-state index contributed by atoms with van der Waals surface area (Å²) in [5.41, 5.74) is 2.64. The second-order valence-corrected chi connectivity index (χ2v) is 8.94. The van der Waals surface area contributed by atoms with Crippen LogP contribution in [0.15, 0.2) is 35.3 Å². The van der Waals surface area contributed by atoms with Crippen LogP contribution in [0.3, 0.4) is 0 Å². The lowest BCUT2D eigenvalue weighted by molar-refractivity contribution is 0.198. The molecule has 1 saturated heterocycles. The van der Waals surface area contributed by atoms with Gasteiger partial charge in [0.25, 0.3) is 0 Å². The largest absolute Gasteiger partial charge is 0.357 e. The average molecular weight is 542 g/mol. The summed E-state index contributed by atoms with van der Waals surface area (Å²) in [7, 11) is 0. The van der Waals surface area contributed by atoms with Crippen molar-refractivity contribution in [2.75, 3.05) is 26.2 Å². The summed E-state index contributed by atoms with van der Waals surface area (Å²) in [5.74, 6) is 0.943. The van der Waals surface area contributed by atoms with Crippen molar-refractivity contribution in [2.24, 2.45) is 4.99 Å². The number of halogens is 1. The zero-order valence-electron chi connectivity index (χ0n) is 18.5. The molecule has 0 bridgehead atoms. The number of hydrogen-bond donors (Lipinski definition) is 2. The van der Waals surface area contributed by atoms with Gasteiger partial charge >= 0.3 is 0 Å². The minimum Gasteiger partial charge on any atom is -0.357 e. The molecule has 0 aliphatic carbocycles. The normalized spacial score (nSPS) is 15.6. The zero-order chi connectivity index (χ0) is 20.5. The molecule has 1 aromatic carbocycles. The Morgan fingerprint density at radius 3 is 2.57 bits per heavy atom. The van der Waals surface area contributed by atoms with Crippen molar-refractivity contribution in [3.63, 3.8) is 0 Å². The third-order valence-electron chi connectivity index (χ3n) is 5.39. The van der Waals surface area contributed by atoms with Crippen LogP contribution in [0.2, 0.25) is 0 Å². The maximum absolute atomic E-state index is 4.80. The SMILES string of the molecule is CCNC(=NCCc1nc(CC)c(C)s1)NC1CCN(Cc2ccccc2)CC1.I. The summed E-state index contributed by atoms with van der Waals surface area (Å²) in [5, 5.41) is 8.26. The fourth-order valence-electron chi connectivity index (χ4n) is 3.78. The molecule has 1 fully saturated rings. The van der Waals surface area contributed by atoms with E-state index in [1.54, 1.807) is 0 Å². The smallest absolute Gasteiger partial charge is 0.191 e. The molecule has 2 heterocycles. The lowest BCUT2D eigenvalue weighted by Crippen LogP contribution is -2.48. The lowest BCUT2D eigenvalue weighted by atomic mass is 10.0. The number of nitrogens with zero attached hydrogens (tertiary/aromatic N) is 3. The lowest BCUT2D eigenvalue weighted by Gasteiger charge is -2.33. The van der Waals surface area contributed by atoms with Crippen LogP contribution >= 0.6 is 35.3 Å². The molecule has 0 amide bonds. The molecule has 0 atom stereocenters. The Morgan fingerprint density at radius 1 is 1.20 bits per heavy atom. The minimum absolute atomic E-state index is 0. The van der Waals surface area contributed by atoms with Gasteiger partial charge in [0.1, 0.15) is 0 Å². The first-order valence-electron chi connectivity index (χ1n) is 10.9. The molecule has 0 saturated carbocycles. The molecule has 0 unspecified atom stereocenters. The first kappa shape index (κ1) is 25.1. The second-order valence-electron chi connectivity index (χ2n) is 7.66. The van der Waals surface area contributed by atoms with E-state index in [9.17, 15) is 0 Å². The van der Waals surface area contributed by atoms with Crippen molar-refractivity contribution in [3.05, 3.63) is 51.5 Å². The van der Waals surface area contributed by atoms with E-state index in [1.807, 2.05) is 11.3 Å². The van der Waals surface area contributed by atoms with Crippen molar-refractivity contribution >= 4 is 41.3 Å². The molecule has 0 spiro atoms. The summed E-state index contributed by atoms with van der Waals surface area (Å²) >= 11 is 1.81. The van der Waals surface area contributed by atoms with Gasteiger partial charge in [-0.3, -0.25) is 9.89 Å². The Morgan fingerprint density at radius 2 is 1.93 bits per heavy atom. The Balaban J connectivity index is 0.00000320. The number of rotatable bonds is 8. The zero-order valence-corrected chi connectivity index (χ0v) is 21.6. The summed E-state index contributed by atoms with van der Waals surface area (Å²) in [6.45, 7) is 11.4. The second kappa shape index (κ2) is 13.3. The quantitative estimate of drug-likeness (QED) is 0.296. The number of guanidine groups is 1. The van der Waals surface area contributed by atoms with Crippen molar-refractivity contribution in [3.8, 4) is 0 Å². The topological polar surface area (TPSA) is 52.6 Å². The predicted molar refractivity (Wildman–Crippen MR) is 139 cm³/mol. The minimum atomic E-state index is 0. The highest BCUT2D eigenvalue weighted by Crippen LogP contribution is 2.18. The van der Waals surface area contributed by atoms with Gasteiger partial charge in [-0.2, -0.15) is 0 Å². The number of likely N-dealkylation sites (tertiary alicyclic amines) is 1. The fraction of sp³-hybridized carbons (Fsp3) is 0.565. The molecular weight excluding hydrogens is 505 g/mol. The molecule has 0 radical (unpaired) electrons. The molecule has 1 aliphatic rings. The molecule has 5 nitrogen and oxygen atoms in total. The maximum Gasteiger partial charge on any atom is 0.191 e. The van der Waals surface area contributed by atoms with Crippen LogP contribution in [0.1, 0.15) is 47.8 Å². The van der Waals surface area contributed by atoms with Crippen LogP contribution < -0.4 is 10.6 Å². The van der Waals surface area contributed by atoms with Gasteiger partial charge in [-0.05, 0) is 38.7 Å². The fourth-order valence-corrected chi connectivity index (χ4v) is 4.79. The van der Waals surface area contributed by atoms with Crippen molar-refractivity contribution in [1.82, 2.24) is 20.5 Å². The van der Waals surface area contributed by atoms with E-state index in [4.69, 9.17) is 9.98 Å². The summed E-state index contributed by atoms with van der Waals surface area (Å²) in [4.78, 5) is 13.4. The standard InChI is InChI=1S/C23H35N5S.HI/c1-4-21-18(3)29-22(27-21)11-14-25-23(24-5-2)26-20-12-15-28(16-13-20)17-19-9-7-6-8-10-19;/h6-10,20H,4-5,11-17H2,1-3H3,(H2,24,25,26);1H. The monoisotopic (exact) mass is 541 g/mol. The van der Waals surface area contributed by atoms with E-state index in [0.717, 1.165) is 64.4 Å². The Hall–Kier alpha value is -1.19. The van der Waals surface area contributed by atoms with Gasteiger partial charge in [0.05, 0.1) is 10.7 Å². The number of nitrogens with one attached hydrogen (secondary N) is 2. The number of aromatic nitrogens is 1. The summed E-state index contributed by atoms with van der Waals surface area (Å²) in [6, 6.07) is 11.3. The Bertz CT molecular complexity index is 769. The predicted octanol–water partition coefficient (Wildman–Crippen LogP) is 4.39. The molecule has 166 valence electrons. The highest BCUT2D eigenvalue weighted by atomic mass is 127. The van der Waals surface area contributed by atoms with Crippen LogP contribution in [0.5, 0.6) is 0 Å². The first-order valence-corrected chi connectivity index (χ1v) is 11.8. The Labute approximate surface area is 202 Å². The molecular formula is C23H36IN5S. The molecule has 1 aromatic heterocycles. The number of aryl methyl sites for hydroxylation is 2. The first-order chi connectivity index (χ1) is 14.2. The van der Waals surface area contributed by atoms with E-state index in [0.29, 0.717) is 6.04 Å². The number of piperidine rings is 1. The van der Waals surface area contributed by atoms with Gasteiger partial charge in [-0.25, -0.2) is 4.98 Å². The third kappa shape index (κ3) is 7.81. The van der Waals surface area contributed by atoms with Crippen molar-refractivity contribution in [1.29, 1.82) is 0 Å². The van der Waals surface area contributed by atoms with Gasteiger partial charge < -0.3 is 10.6 Å². The van der Waals surface area contributed by atoms with Crippen molar-refractivity contribution in [2.45, 2.75) is 59.0 Å². The van der Waals surface area contributed by atoms with Crippen LogP contribution in [0, 0.1) is 6.92 Å². The molecule has 7 heteroatoms. The molecule has 30 heavy (non-hydrogen) atoms. The van der Waals surface area contributed by atoms with E-state index in [-0.39, 0.29) is 24.0 Å². The van der Waals surface area contributed by atoms with Gasteiger partial charge in [-0.1, -0.05) is 37.3 Å². The summed E-state index contributed by atoms with van der Waals surface area (Å²) in [6.07, 6.45) is 4.24. The van der Waals surface area contributed by atoms with E-state index < -0.39 is 0 Å². The van der Waals surface area contributed by atoms with Gasteiger partial charge in [-0.15, -0.1) is 35.3 Å². The Kier molecular flexibility index (Phi) is 11.1.